The number of rotatable bonds is 1. The van der Waals surface area contributed by atoms with Crippen molar-refractivity contribution < 1.29 is 9.53 Å². The number of pyridine rings is 1. The number of fused-ring (bicyclic) bond motifs is 1. The summed E-state index contributed by atoms with van der Waals surface area (Å²) in [5.74, 6) is 0. The number of carbonyl (C=O) groups excluding carboxylic acids is 1. The lowest BCUT2D eigenvalue weighted by Crippen LogP contribution is -2.27. The Bertz CT molecular complexity index is 872. The van der Waals surface area contributed by atoms with Gasteiger partial charge in [0.15, 0.2) is 0 Å². The summed E-state index contributed by atoms with van der Waals surface area (Å²) in [6.45, 7) is 7.52. The van der Waals surface area contributed by atoms with Crippen molar-refractivity contribution in [1.82, 2.24) is 9.55 Å². The summed E-state index contributed by atoms with van der Waals surface area (Å²) in [5.41, 5.74) is 2.67. The lowest BCUT2D eigenvalue weighted by molar-refractivity contribution is 0.0547. The molecule has 0 fully saturated rings. The van der Waals surface area contributed by atoms with Crippen LogP contribution in [0, 0.1) is 6.92 Å². The highest BCUT2D eigenvalue weighted by Crippen LogP contribution is 2.28. The average molecular weight is 308 g/mol. The largest absolute Gasteiger partial charge is 0.443 e. The minimum atomic E-state index is -0.556. The number of hydrogen-bond donors (Lipinski definition) is 0. The molecular formula is C19H20N2O2. The third kappa shape index (κ3) is 3.11. The van der Waals surface area contributed by atoms with Crippen LogP contribution in [-0.2, 0) is 4.74 Å². The molecule has 0 saturated carbocycles. The van der Waals surface area contributed by atoms with Crippen LogP contribution in [0.3, 0.4) is 0 Å². The summed E-state index contributed by atoms with van der Waals surface area (Å²) in [7, 11) is 0. The van der Waals surface area contributed by atoms with Crippen molar-refractivity contribution in [3.63, 3.8) is 0 Å². The molecule has 0 aliphatic carbocycles. The van der Waals surface area contributed by atoms with E-state index in [0.29, 0.717) is 0 Å². The van der Waals surface area contributed by atoms with Gasteiger partial charge in [-0.1, -0.05) is 24.3 Å². The molecule has 0 aliphatic rings. The van der Waals surface area contributed by atoms with Gasteiger partial charge in [0.05, 0.1) is 16.9 Å². The number of aryl methyl sites for hydroxylation is 1. The monoisotopic (exact) mass is 308 g/mol. The summed E-state index contributed by atoms with van der Waals surface area (Å²) in [5, 5.41) is 0.983. The molecule has 0 bridgehead atoms. The Hall–Kier alpha value is -2.62. The summed E-state index contributed by atoms with van der Waals surface area (Å²) < 4.78 is 7.18. The van der Waals surface area contributed by atoms with E-state index in [0.717, 1.165) is 28.0 Å². The van der Waals surface area contributed by atoms with Crippen LogP contribution >= 0.6 is 0 Å². The molecule has 1 aromatic carbocycles. The second-order valence-electron chi connectivity index (χ2n) is 6.57. The van der Waals surface area contributed by atoms with Gasteiger partial charge in [-0.25, -0.2) is 9.36 Å². The Morgan fingerprint density at radius 2 is 1.83 bits per heavy atom. The standard InChI is InChI=1S/C19H20N2O2/c1-13-8-7-10-15(20-13)17-12-14-9-5-6-11-16(14)21(17)18(22)23-19(2,3)4/h5-12H,1-4H3. The molecule has 2 heterocycles. The number of nitrogens with zero attached hydrogens (tertiary/aromatic N) is 2. The number of carbonyl (C=O) groups is 1. The van der Waals surface area contributed by atoms with Crippen LogP contribution in [0.25, 0.3) is 22.3 Å². The van der Waals surface area contributed by atoms with E-state index in [4.69, 9.17) is 4.74 Å². The first-order valence-corrected chi connectivity index (χ1v) is 7.63. The maximum Gasteiger partial charge on any atom is 0.419 e. The first-order chi connectivity index (χ1) is 10.8. The second kappa shape index (κ2) is 5.54. The Morgan fingerprint density at radius 1 is 1.09 bits per heavy atom. The van der Waals surface area contributed by atoms with E-state index in [9.17, 15) is 4.79 Å². The molecule has 2 aromatic heterocycles. The molecule has 0 unspecified atom stereocenters. The maximum atomic E-state index is 12.7. The summed E-state index contributed by atoms with van der Waals surface area (Å²) in [6.07, 6.45) is -0.392. The summed E-state index contributed by atoms with van der Waals surface area (Å²) in [4.78, 5) is 17.3. The predicted molar refractivity (Wildman–Crippen MR) is 91.5 cm³/mol. The van der Waals surface area contributed by atoms with Crippen LogP contribution < -0.4 is 0 Å². The zero-order valence-corrected chi connectivity index (χ0v) is 13.8. The topological polar surface area (TPSA) is 44.1 Å². The van der Waals surface area contributed by atoms with Gasteiger partial charge >= 0.3 is 6.09 Å². The van der Waals surface area contributed by atoms with Crippen molar-refractivity contribution in [3.05, 3.63) is 54.2 Å². The number of aromatic nitrogens is 2. The molecule has 118 valence electrons. The Morgan fingerprint density at radius 3 is 2.52 bits per heavy atom. The Labute approximate surface area is 135 Å². The highest BCUT2D eigenvalue weighted by atomic mass is 16.6. The zero-order valence-electron chi connectivity index (χ0n) is 13.8. The normalized spacial score (nSPS) is 11.7. The zero-order chi connectivity index (χ0) is 16.6. The predicted octanol–water partition coefficient (Wildman–Crippen LogP) is 4.79. The third-order valence-electron chi connectivity index (χ3n) is 3.44. The Balaban J connectivity index is 2.21. The van der Waals surface area contributed by atoms with Crippen LogP contribution in [0.2, 0.25) is 0 Å². The van der Waals surface area contributed by atoms with Gasteiger partial charge in [0.25, 0.3) is 0 Å². The van der Waals surface area contributed by atoms with E-state index in [1.54, 1.807) is 4.57 Å². The fourth-order valence-corrected chi connectivity index (χ4v) is 2.53. The molecule has 0 N–H and O–H groups in total. The molecule has 0 amide bonds. The first kappa shape index (κ1) is 15.3. The molecule has 0 spiro atoms. The SMILES string of the molecule is Cc1cccc(-c2cc3ccccc3n2C(=O)OC(C)(C)C)n1. The van der Waals surface area contributed by atoms with Crippen LogP contribution in [0.4, 0.5) is 4.79 Å². The minimum absolute atomic E-state index is 0.392. The van der Waals surface area contributed by atoms with Crippen molar-refractivity contribution in [2.75, 3.05) is 0 Å². The van der Waals surface area contributed by atoms with Gasteiger partial charge in [0.2, 0.25) is 0 Å². The van der Waals surface area contributed by atoms with Gasteiger partial charge in [-0.2, -0.15) is 0 Å². The van der Waals surface area contributed by atoms with Crippen LogP contribution in [-0.4, -0.2) is 21.2 Å². The minimum Gasteiger partial charge on any atom is -0.443 e. The van der Waals surface area contributed by atoms with Crippen molar-refractivity contribution in [2.24, 2.45) is 0 Å². The quantitative estimate of drug-likeness (QED) is 0.649. The van der Waals surface area contributed by atoms with Crippen molar-refractivity contribution in [1.29, 1.82) is 0 Å². The molecule has 0 atom stereocenters. The van der Waals surface area contributed by atoms with E-state index in [-0.39, 0.29) is 0 Å². The molecule has 3 aromatic rings. The van der Waals surface area contributed by atoms with Gasteiger partial charge in [0, 0.05) is 11.1 Å². The number of ether oxygens (including phenoxy) is 1. The molecular weight excluding hydrogens is 288 g/mol. The van der Waals surface area contributed by atoms with Crippen molar-refractivity contribution in [3.8, 4) is 11.4 Å². The Kier molecular flexibility index (Phi) is 3.68. The van der Waals surface area contributed by atoms with Gasteiger partial charge in [0.1, 0.15) is 5.60 Å². The third-order valence-corrected chi connectivity index (χ3v) is 3.44. The average Bonchev–Trinajstić information content (AvgIpc) is 2.85. The van der Waals surface area contributed by atoms with Gasteiger partial charge in [-0.05, 0) is 52.0 Å². The fraction of sp³-hybridized carbons (Fsp3) is 0.263. The van der Waals surface area contributed by atoms with Crippen LogP contribution in [0.15, 0.2) is 48.5 Å². The van der Waals surface area contributed by atoms with Gasteiger partial charge < -0.3 is 4.74 Å². The second-order valence-corrected chi connectivity index (χ2v) is 6.57. The first-order valence-electron chi connectivity index (χ1n) is 7.63. The molecule has 4 heteroatoms. The molecule has 4 nitrogen and oxygen atoms in total. The molecule has 0 radical (unpaired) electrons. The molecule has 0 saturated heterocycles. The smallest absolute Gasteiger partial charge is 0.419 e. The molecule has 23 heavy (non-hydrogen) atoms. The number of hydrogen-bond acceptors (Lipinski definition) is 3. The lowest BCUT2D eigenvalue weighted by atomic mass is 10.2. The van der Waals surface area contributed by atoms with E-state index in [1.165, 1.54) is 0 Å². The van der Waals surface area contributed by atoms with E-state index in [1.807, 2.05) is 76.2 Å². The highest BCUT2D eigenvalue weighted by molar-refractivity contribution is 5.95. The van der Waals surface area contributed by atoms with Gasteiger partial charge in [-0.3, -0.25) is 4.98 Å². The van der Waals surface area contributed by atoms with Crippen LogP contribution in [0.1, 0.15) is 26.5 Å². The van der Waals surface area contributed by atoms with Crippen LogP contribution in [0.5, 0.6) is 0 Å². The van der Waals surface area contributed by atoms with Crippen molar-refractivity contribution in [2.45, 2.75) is 33.3 Å². The number of benzene rings is 1. The molecule has 0 aliphatic heterocycles. The van der Waals surface area contributed by atoms with E-state index >= 15 is 0 Å². The fourth-order valence-electron chi connectivity index (χ4n) is 2.53. The van der Waals surface area contributed by atoms with E-state index in [2.05, 4.69) is 4.98 Å². The molecule has 3 rings (SSSR count). The maximum absolute atomic E-state index is 12.7. The number of para-hydroxylation sites is 1. The lowest BCUT2D eigenvalue weighted by Gasteiger charge is -2.21. The highest BCUT2D eigenvalue weighted by Gasteiger charge is 2.23. The van der Waals surface area contributed by atoms with Gasteiger partial charge in [-0.15, -0.1) is 0 Å². The summed E-state index contributed by atoms with van der Waals surface area (Å²) >= 11 is 0. The van der Waals surface area contributed by atoms with E-state index < -0.39 is 11.7 Å². The summed E-state index contributed by atoms with van der Waals surface area (Å²) in [6, 6.07) is 15.5. The van der Waals surface area contributed by atoms with Crippen molar-refractivity contribution >= 4 is 17.0 Å².